The van der Waals surface area contributed by atoms with Crippen LogP contribution < -0.4 is 19.1 Å². The van der Waals surface area contributed by atoms with Gasteiger partial charge in [0.05, 0.1) is 12.8 Å². The van der Waals surface area contributed by atoms with Crippen molar-refractivity contribution in [2.24, 2.45) is 0 Å². The standard InChI is InChI=1S/C24H17ClN2O7S/c1-33-18-10-8-17(9-11-18)27-23(29)20(22(28)26-24(27)30)14-15-4-2-3-5-21(15)34-35(31,32)19-12-6-16(25)7-13-19/h2-14H,1H3,(H,26,28,30)/b20-14+. The summed E-state index contributed by atoms with van der Waals surface area (Å²) in [7, 11) is -2.77. The Hall–Kier alpha value is -4.15. The van der Waals surface area contributed by atoms with E-state index in [0.717, 1.165) is 11.0 Å². The largest absolute Gasteiger partial charge is 0.497 e. The van der Waals surface area contributed by atoms with Crippen LogP contribution in [0.15, 0.2) is 83.3 Å². The number of carbonyl (C=O) groups excluding carboxylic acids is 3. The lowest BCUT2D eigenvalue weighted by atomic mass is 10.1. The van der Waals surface area contributed by atoms with Crippen LogP contribution in [0.1, 0.15) is 5.56 Å². The molecule has 1 heterocycles. The maximum Gasteiger partial charge on any atom is 0.339 e. The number of urea groups is 1. The molecule has 1 aliphatic rings. The van der Waals surface area contributed by atoms with Crippen molar-refractivity contribution in [3.63, 3.8) is 0 Å². The van der Waals surface area contributed by atoms with Crippen molar-refractivity contribution in [1.29, 1.82) is 0 Å². The second kappa shape index (κ2) is 9.61. The number of nitrogens with zero attached hydrogens (tertiary/aromatic N) is 1. The van der Waals surface area contributed by atoms with Gasteiger partial charge in [-0.15, -0.1) is 0 Å². The number of hydrogen-bond donors (Lipinski definition) is 1. The van der Waals surface area contributed by atoms with E-state index in [1.807, 2.05) is 0 Å². The van der Waals surface area contributed by atoms with E-state index < -0.39 is 28.0 Å². The summed E-state index contributed by atoms with van der Waals surface area (Å²) < 4.78 is 35.8. The monoisotopic (exact) mass is 512 g/mol. The van der Waals surface area contributed by atoms with Crippen LogP contribution in [-0.4, -0.2) is 33.4 Å². The summed E-state index contributed by atoms with van der Waals surface area (Å²) in [4.78, 5) is 38.7. The lowest BCUT2D eigenvalue weighted by Crippen LogP contribution is -2.54. The first-order chi connectivity index (χ1) is 16.7. The van der Waals surface area contributed by atoms with Crippen LogP contribution >= 0.6 is 11.6 Å². The number of anilines is 1. The number of hydrogen-bond acceptors (Lipinski definition) is 7. The molecule has 35 heavy (non-hydrogen) atoms. The molecule has 0 unspecified atom stereocenters. The van der Waals surface area contributed by atoms with Gasteiger partial charge in [0.2, 0.25) is 0 Å². The fourth-order valence-electron chi connectivity index (χ4n) is 3.22. The molecule has 1 saturated heterocycles. The number of halogens is 1. The number of ether oxygens (including phenoxy) is 1. The van der Waals surface area contributed by atoms with E-state index in [0.29, 0.717) is 10.8 Å². The van der Waals surface area contributed by atoms with Gasteiger partial charge in [-0.2, -0.15) is 8.42 Å². The smallest absolute Gasteiger partial charge is 0.339 e. The normalized spacial score (nSPS) is 15.2. The third kappa shape index (κ3) is 5.03. The number of rotatable bonds is 6. The van der Waals surface area contributed by atoms with Crippen molar-refractivity contribution in [1.82, 2.24) is 5.32 Å². The fraction of sp³-hybridized carbons (Fsp3) is 0.0417. The Morgan fingerprint density at radius 2 is 1.57 bits per heavy atom. The molecule has 1 aliphatic heterocycles. The number of carbonyl (C=O) groups is 3. The lowest BCUT2D eigenvalue weighted by molar-refractivity contribution is -0.122. The van der Waals surface area contributed by atoms with E-state index in [2.05, 4.69) is 5.32 Å². The number of benzene rings is 3. The Labute approximate surface area is 205 Å². The minimum absolute atomic E-state index is 0.122. The van der Waals surface area contributed by atoms with Gasteiger partial charge in [-0.1, -0.05) is 29.8 Å². The topological polar surface area (TPSA) is 119 Å². The highest BCUT2D eigenvalue weighted by molar-refractivity contribution is 7.87. The quantitative estimate of drug-likeness (QED) is 0.303. The molecule has 0 aliphatic carbocycles. The molecule has 1 N–H and O–H groups in total. The van der Waals surface area contributed by atoms with E-state index in [4.69, 9.17) is 20.5 Å². The van der Waals surface area contributed by atoms with E-state index in [9.17, 15) is 22.8 Å². The fourth-order valence-corrected chi connectivity index (χ4v) is 4.30. The summed E-state index contributed by atoms with van der Waals surface area (Å²) in [6.45, 7) is 0. The van der Waals surface area contributed by atoms with Crippen molar-refractivity contribution in [2.45, 2.75) is 4.90 Å². The van der Waals surface area contributed by atoms with Gasteiger partial charge in [0.1, 0.15) is 22.0 Å². The van der Waals surface area contributed by atoms with Crippen LogP contribution in [0.3, 0.4) is 0 Å². The van der Waals surface area contributed by atoms with Crippen LogP contribution in [-0.2, 0) is 19.7 Å². The summed E-state index contributed by atoms with van der Waals surface area (Å²) in [5.41, 5.74) is -0.0468. The summed E-state index contributed by atoms with van der Waals surface area (Å²) in [5, 5.41) is 2.47. The van der Waals surface area contributed by atoms with Crippen LogP contribution in [0.5, 0.6) is 11.5 Å². The van der Waals surface area contributed by atoms with Crippen molar-refractivity contribution in [2.75, 3.05) is 12.0 Å². The van der Waals surface area contributed by atoms with Crippen LogP contribution in [0, 0.1) is 0 Å². The highest BCUT2D eigenvalue weighted by Gasteiger charge is 2.37. The third-order valence-corrected chi connectivity index (χ3v) is 6.45. The molecule has 1 fully saturated rings. The Balaban J connectivity index is 1.69. The Morgan fingerprint density at radius 1 is 0.914 bits per heavy atom. The number of para-hydroxylation sites is 1. The number of amides is 4. The van der Waals surface area contributed by atoms with E-state index in [1.165, 1.54) is 61.7 Å². The molecule has 0 radical (unpaired) electrons. The van der Waals surface area contributed by atoms with Crippen LogP contribution in [0.25, 0.3) is 6.08 Å². The van der Waals surface area contributed by atoms with E-state index >= 15 is 0 Å². The minimum atomic E-state index is -4.24. The highest BCUT2D eigenvalue weighted by atomic mass is 35.5. The predicted molar refractivity (Wildman–Crippen MR) is 128 cm³/mol. The second-order valence-corrected chi connectivity index (χ2v) is 9.17. The highest BCUT2D eigenvalue weighted by Crippen LogP contribution is 2.28. The van der Waals surface area contributed by atoms with Crippen LogP contribution in [0.2, 0.25) is 5.02 Å². The molecule has 0 atom stereocenters. The Kier molecular flexibility index (Phi) is 6.59. The Bertz CT molecular complexity index is 1450. The van der Waals surface area contributed by atoms with Crippen molar-refractivity contribution in [3.8, 4) is 11.5 Å². The molecule has 9 nitrogen and oxygen atoms in total. The van der Waals surface area contributed by atoms with Gasteiger partial charge >= 0.3 is 16.1 Å². The lowest BCUT2D eigenvalue weighted by Gasteiger charge is -2.26. The number of methoxy groups -OCH3 is 1. The molecule has 0 saturated carbocycles. The molecule has 178 valence electrons. The molecule has 0 bridgehead atoms. The van der Waals surface area contributed by atoms with E-state index in [1.54, 1.807) is 18.2 Å². The summed E-state index contributed by atoms with van der Waals surface area (Å²) >= 11 is 5.82. The van der Waals surface area contributed by atoms with Crippen molar-refractivity contribution >= 4 is 51.3 Å². The molecule has 0 aromatic heterocycles. The average molecular weight is 513 g/mol. The zero-order chi connectivity index (χ0) is 25.2. The first-order valence-corrected chi connectivity index (χ1v) is 11.8. The van der Waals surface area contributed by atoms with Gasteiger partial charge in [-0.05, 0) is 60.7 Å². The first kappa shape index (κ1) is 24.0. The molecule has 11 heteroatoms. The molecule has 3 aromatic rings. The SMILES string of the molecule is COc1ccc(N2C(=O)NC(=O)/C(=C\c3ccccc3OS(=O)(=O)c3ccc(Cl)cc3)C2=O)cc1. The molecule has 0 spiro atoms. The van der Waals surface area contributed by atoms with E-state index in [-0.39, 0.29) is 27.5 Å². The molecule has 3 aromatic carbocycles. The maximum atomic E-state index is 13.1. The second-order valence-electron chi connectivity index (χ2n) is 7.19. The third-order valence-electron chi connectivity index (χ3n) is 4.95. The minimum Gasteiger partial charge on any atom is -0.497 e. The van der Waals surface area contributed by atoms with Gasteiger partial charge in [-0.25, -0.2) is 9.69 Å². The van der Waals surface area contributed by atoms with Gasteiger partial charge in [0, 0.05) is 10.6 Å². The van der Waals surface area contributed by atoms with Gasteiger partial charge in [0.15, 0.2) is 0 Å². The molecule has 4 rings (SSSR count). The van der Waals surface area contributed by atoms with Crippen molar-refractivity contribution < 1.29 is 31.7 Å². The molecule has 4 amide bonds. The first-order valence-electron chi connectivity index (χ1n) is 10.0. The zero-order valence-corrected chi connectivity index (χ0v) is 19.7. The van der Waals surface area contributed by atoms with Gasteiger partial charge in [-0.3, -0.25) is 14.9 Å². The molecular weight excluding hydrogens is 496 g/mol. The summed E-state index contributed by atoms with van der Waals surface area (Å²) in [6, 6.07) is 16.5. The summed E-state index contributed by atoms with van der Waals surface area (Å²) in [5.74, 6) is -1.43. The Morgan fingerprint density at radius 3 is 2.23 bits per heavy atom. The number of nitrogens with one attached hydrogen (secondary N) is 1. The number of barbiturate groups is 1. The average Bonchev–Trinajstić information content (AvgIpc) is 2.83. The maximum absolute atomic E-state index is 13.1. The van der Waals surface area contributed by atoms with Crippen molar-refractivity contribution in [3.05, 3.63) is 89.0 Å². The summed E-state index contributed by atoms with van der Waals surface area (Å²) in [6.07, 6.45) is 1.16. The van der Waals surface area contributed by atoms with Crippen LogP contribution in [0.4, 0.5) is 10.5 Å². The zero-order valence-electron chi connectivity index (χ0n) is 18.1. The molecular formula is C24H17ClN2O7S. The number of imide groups is 2. The predicted octanol–water partition coefficient (Wildman–Crippen LogP) is 3.78. The van der Waals surface area contributed by atoms with Gasteiger partial charge in [0.25, 0.3) is 11.8 Å². The van der Waals surface area contributed by atoms with Gasteiger partial charge < -0.3 is 8.92 Å².